The Kier molecular flexibility index (Phi) is 2.51. The molecule has 1 aromatic heterocycles. The lowest BCUT2D eigenvalue weighted by molar-refractivity contribution is 0.0690. The van der Waals surface area contributed by atoms with Crippen molar-refractivity contribution in [1.82, 2.24) is 10.2 Å². The van der Waals surface area contributed by atoms with Crippen molar-refractivity contribution in [2.24, 2.45) is 0 Å². The Morgan fingerprint density at radius 3 is 3.06 bits per heavy atom. The highest BCUT2D eigenvalue weighted by molar-refractivity contribution is 5.85. The van der Waals surface area contributed by atoms with Crippen molar-refractivity contribution in [3.05, 3.63) is 47.3 Å². The van der Waals surface area contributed by atoms with Gasteiger partial charge in [-0.2, -0.15) is 5.10 Å². The maximum Gasteiger partial charge on any atom is 0.356 e. The zero-order chi connectivity index (χ0) is 12.5. The third-order valence-corrected chi connectivity index (χ3v) is 3.14. The van der Waals surface area contributed by atoms with Crippen LogP contribution >= 0.6 is 0 Å². The van der Waals surface area contributed by atoms with Crippen LogP contribution in [-0.2, 0) is 6.42 Å². The van der Waals surface area contributed by atoms with Crippen LogP contribution in [0.15, 0.2) is 30.3 Å². The lowest BCUT2D eigenvalue weighted by Gasteiger charge is -2.24. The van der Waals surface area contributed by atoms with Crippen LogP contribution in [0, 0.1) is 0 Å². The summed E-state index contributed by atoms with van der Waals surface area (Å²) in [5.74, 6) is 0.0156. The number of hydrogen-bond donors (Lipinski definition) is 2. The number of H-pyrrole nitrogens is 1. The average Bonchev–Trinajstić information content (AvgIpc) is 2.88. The normalized spacial score (nSPS) is 17.9. The third-order valence-electron chi connectivity index (χ3n) is 3.14. The quantitative estimate of drug-likeness (QED) is 0.845. The van der Waals surface area contributed by atoms with Crippen molar-refractivity contribution in [2.45, 2.75) is 12.3 Å². The highest BCUT2D eigenvalue weighted by Crippen LogP contribution is 2.31. The Labute approximate surface area is 103 Å². The number of rotatable bonds is 2. The van der Waals surface area contributed by atoms with Gasteiger partial charge >= 0.3 is 5.97 Å². The van der Waals surface area contributed by atoms with Gasteiger partial charge in [0.25, 0.3) is 0 Å². The van der Waals surface area contributed by atoms with Crippen molar-refractivity contribution >= 4 is 5.97 Å². The summed E-state index contributed by atoms with van der Waals surface area (Å²) in [4.78, 5) is 10.8. The summed E-state index contributed by atoms with van der Waals surface area (Å²) in [5, 5.41) is 15.4. The zero-order valence-electron chi connectivity index (χ0n) is 9.59. The molecule has 0 saturated heterocycles. The van der Waals surface area contributed by atoms with Gasteiger partial charge in [0, 0.05) is 11.6 Å². The van der Waals surface area contributed by atoms with Crippen LogP contribution in [0.2, 0.25) is 0 Å². The van der Waals surface area contributed by atoms with E-state index in [1.807, 2.05) is 24.3 Å². The Balaban J connectivity index is 1.85. The van der Waals surface area contributed by atoms with Gasteiger partial charge in [-0.25, -0.2) is 4.79 Å². The molecule has 1 unspecified atom stereocenters. The SMILES string of the molecule is O=C(O)c1cc(C2COc3ccccc3C2)[nH]n1. The Bertz CT molecular complexity index is 591. The van der Waals surface area contributed by atoms with Crippen LogP contribution in [-0.4, -0.2) is 27.9 Å². The molecule has 0 saturated carbocycles. The van der Waals surface area contributed by atoms with Gasteiger partial charge in [0.2, 0.25) is 0 Å². The molecule has 0 radical (unpaired) electrons. The molecule has 3 rings (SSSR count). The number of fused-ring (bicyclic) bond motifs is 1. The standard InChI is InChI=1S/C13H12N2O3/c16-13(17)11-6-10(14-15-11)9-5-8-3-1-2-4-12(8)18-7-9/h1-4,6,9H,5,7H2,(H,14,15)(H,16,17). The van der Waals surface area contributed by atoms with Crippen LogP contribution in [0.5, 0.6) is 5.75 Å². The average molecular weight is 244 g/mol. The molecule has 2 N–H and O–H groups in total. The van der Waals surface area contributed by atoms with Gasteiger partial charge in [-0.05, 0) is 24.1 Å². The minimum atomic E-state index is -1.02. The Hall–Kier alpha value is -2.30. The molecule has 1 aliphatic rings. The zero-order valence-corrected chi connectivity index (χ0v) is 9.59. The third kappa shape index (κ3) is 1.84. The maximum absolute atomic E-state index is 10.8. The van der Waals surface area contributed by atoms with Crippen molar-refractivity contribution < 1.29 is 14.6 Å². The van der Waals surface area contributed by atoms with E-state index in [-0.39, 0.29) is 11.6 Å². The summed E-state index contributed by atoms with van der Waals surface area (Å²) in [5.41, 5.74) is 1.99. The number of carboxylic acids is 1. The number of ether oxygens (including phenoxy) is 1. The first kappa shape index (κ1) is 10.8. The van der Waals surface area contributed by atoms with Gasteiger partial charge < -0.3 is 9.84 Å². The molecule has 1 aliphatic heterocycles. The number of aromatic carboxylic acids is 1. The van der Waals surface area contributed by atoms with Crippen LogP contribution < -0.4 is 4.74 Å². The van der Waals surface area contributed by atoms with Crippen LogP contribution in [0.3, 0.4) is 0 Å². The molecule has 1 atom stereocenters. The van der Waals surface area contributed by atoms with Crippen molar-refractivity contribution in [3.8, 4) is 5.75 Å². The number of nitrogens with one attached hydrogen (secondary N) is 1. The summed E-state index contributed by atoms with van der Waals surface area (Å²) >= 11 is 0. The molecule has 5 heteroatoms. The first-order valence-corrected chi connectivity index (χ1v) is 5.73. The molecule has 0 amide bonds. The highest BCUT2D eigenvalue weighted by Gasteiger charge is 2.23. The molecule has 0 fully saturated rings. The topological polar surface area (TPSA) is 75.2 Å². The fraction of sp³-hybridized carbons (Fsp3) is 0.231. The second-order valence-corrected chi connectivity index (χ2v) is 4.33. The molecule has 1 aromatic carbocycles. The number of benzene rings is 1. The first-order chi connectivity index (χ1) is 8.74. The number of carbonyl (C=O) groups is 1. The summed E-state index contributed by atoms with van der Waals surface area (Å²) in [6, 6.07) is 9.46. The summed E-state index contributed by atoms with van der Waals surface area (Å²) in [6.45, 7) is 0.540. The number of carboxylic acid groups (broad SMARTS) is 1. The summed E-state index contributed by atoms with van der Waals surface area (Å²) in [7, 11) is 0. The number of nitrogens with zero attached hydrogens (tertiary/aromatic N) is 1. The van der Waals surface area contributed by atoms with E-state index in [0.29, 0.717) is 6.61 Å². The van der Waals surface area contributed by atoms with E-state index in [9.17, 15) is 4.79 Å². The van der Waals surface area contributed by atoms with E-state index < -0.39 is 5.97 Å². The Morgan fingerprint density at radius 1 is 1.44 bits per heavy atom. The summed E-state index contributed by atoms with van der Waals surface area (Å²) in [6.07, 6.45) is 0.831. The van der Waals surface area contributed by atoms with E-state index in [4.69, 9.17) is 9.84 Å². The van der Waals surface area contributed by atoms with Gasteiger partial charge in [-0.15, -0.1) is 0 Å². The van der Waals surface area contributed by atoms with Gasteiger partial charge in [0.15, 0.2) is 5.69 Å². The van der Waals surface area contributed by atoms with E-state index in [0.717, 1.165) is 23.4 Å². The van der Waals surface area contributed by atoms with Gasteiger partial charge in [-0.3, -0.25) is 5.10 Å². The first-order valence-electron chi connectivity index (χ1n) is 5.73. The Morgan fingerprint density at radius 2 is 2.28 bits per heavy atom. The molecule has 92 valence electrons. The molecule has 2 aromatic rings. The van der Waals surface area contributed by atoms with Crippen LogP contribution in [0.25, 0.3) is 0 Å². The smallest absolute Gasteiger partial charge is 0.356 e. The monoisotopic (exact) mass is 244 g/mol. The number of aromatic amines is 1. The summed E-state index contributed by atoms with van der Waals surface area (Å²) < 4.78 is 5.67. The predicted octanol–water partition coefficient (Wildman–Crippen LogP) is 1.83. The second-order valence-electron chi connectivity index (χ2n) is 4.33. The molecule has 18 heavy (non-hydrogen) atoms. The van der Waals surface area contributed by atoms with Crippen molar-refractivity contribution in [3.63, 3.8) is 0 Å². The van der Waals surface area contributed by atoms with E-state index >= 15 is 0 Å². The van der Waals surface area contributed by atoms with Crippen LogP contribution in [0.4, 0.5) is 0 Å². The van der Waals surface area contributed by atoms with Crippen molar-refractivity contribution in [1.29, 1.82) is 0 Å². The van der Waals surface area contributed by atoms with E-state index in [1.165, 1.54) is 0 Å². The van der Waals surface area contributed by atoms with Gasteiger partial charge in [-0.1, -0.05) is 18.2 Å². The molecule has 2 heterocycles. The minimum Gasteiger partial charge on any atom is -0.493 e. The van der Waals surface area contributed by atoms with Gasteiger partial charge in [0.1, 0.15) is 5.75 Å². The fourth-order valence-corrected chi connectivity index (χ4v) is 2.18. The maximum atomic E-state index is 10.8. The fourth-order valence-electron chi connectivity index (χ4n) is 2.18. The van der Waals surface area contributed by atoms with Gasteiger partial charge in [0.05, 0.1) is 6.61 Å². The molecule has 0 bridgehead atoms. The molecule has 0 aliphatic carbocycles. The van der Waals surface area contributed by atoms with Crippen LogP contribution in [0.1, 0.15) is 27.7 Å². The largest absolute Gasteiger partial charge is 0.493 e. The van der Waals surface area contributed by atoms with E-state index in [2.05, 4.69) is 10.2 Å². The predicted molar refractivity (Wildman–Crippen MR) is 63.9 cm³/mol. The van der Waals surface area contributed by atoms with E-state index in [1.54, 1.807) is 6.07 Å². The molecule has 0 spiro atoms. The molecular formula is C13H12N2O3. The number of hydrogen-bond acceptors (Lipinski definition) is 3. The lowest BCUT2D eigenvalue weighted by atomic mass is 9.94. The minimum absolute atomic E-state index is 0.0452. The molecular weight excluding hydrogens is 232 g/mol. The number of aromatic nitrogens is 2. The second kappa shape index (κ2) is 4.18. The van der Waals surface area contributed by atoms with Crippen molar-refractivity contribution in [2.75, 3.05) is 6.61 Å². The lowest BCUT2D eigenvalue weighted by Crippen LogP contribution is -2.19. The molecule has 5 nitrogen and oxygen atoms in total. The highest BCUT2D eigenvalue weighted by atomic mass is 16.5. The number of para-hydroxylation sites is 1.